The van der Waals surface area contributed by atoms with E-state index in [4.69, 9.17) is 25.6 Å². The molecule has 0 fully saturated rings. The summed E-state index contributed by atoms with van der Waals surface area (Å²) in [6.45, 7) is -0.173. The molecule has 0 bridgehead atoms. The van der Waals surface area contributed by atoms with E-state index in [0.717, 1.165) is 0 Å². The predicted octanol–water partition coefficient (Wildman–Crippen LogP) is 0.358. The lowest BCUT2D eigenvalue weighted by molar-refractivity contribution is -0.139. The van der Waals surface area contributed by atoms with E-state index < -0.39 is 12.0 Å². The molecule has 1 aromatic rings. The number of hydrogen-bond acceptors (Lipinski definition) is 5. The summed E-state index contributed by atoms with van der Waals surface area (Å²) in [6, 6.07) is 5.42. The van der Waals surface area contributed by atoms with Gasteiger partial charge in [-0.1, -0.05) is 0 Å². The number of methoxy groups -OCH3 is 1. The van der Waals surface area contributed by atoms with Crippen LogP contribution in [-0.4, -0.2) is 30.8 Å². The van der Waals surface area contributed by atoms with E-state index in [1.807, 2.05) is 6.07 Å². The Labute approximate surface area is 98.2 Å². The first-order valence-electron chi connectivity index (χ1n) is 4.77. The molecule has 1 unspecified atom stereocenters. The van der Waals surface area contributed by atoms with Gasteiger partial charge in [0.15, 0.2) is 0 Å². The highest BCUT2D eigenvalue weighted by molar-refractivity contribution is 5.73. The number of nitrogens with two attached hydrogens (primary N) is 1. The molecule has 0 amide bonds. The van der Waals surface area contributed by atoms with Crippen molar-refractivity contribution in [2.75, 3.05) is 13.7 Å². The van der Waals surface area contributed by atoms with Gasteiger partial charge in [0.25, 0.3) is 0 Å². The Balaban J connectivity index is 2.77. The lowest BCUT2D eigenvalue weighted by Crippen LogP contribution is -2.36. The quantitative estimate of drug-likeness (QED) is 0.764. The average Bonchev–Trinajstić information content (AvgIpc) is 2.35. The van der Waals surface area contributed by atoms with Crippen molar-refractivity contribution in [2.45, 2.75) is 6.04 Å². The number of nitrogens with zero attached hydrogens (tertiary/aromatic N) is 1. The van der Waals surface area contributed by atoms with Crippen LogP contribution in [0.3, 0.4) is 0 Å². The van der Waals surface area contributed by atoms with Crippen molar-refractivity contribution < 1.29 is 19.4 Å². The molecule has 0 aliphatic carbocycles. The molecule has 1 rings (SSSR count). The summed E-state index contributed by atoms with van der Waals surface area (Å²) in [7, 11) is 1.46. The van der Waals surface area contributed by atoms with Crippen molar-refractivity contribution in [1.29, 1.82) is 5.26 Å². The average molecular weight is 236 g/mol. The Morgan fingerprint density at radius 3 is 2.71 bits per heavy atom. The molecule has 0 radical (unpaired) electrons. The van der Waals surface area contributed by atoms with E-state index >= 15 is 0 Å². The molecule has 3 N–H and O–H groups in total. The highest BCUT2D eigenvalue weighted by atomic mass is 16.5. The van der Waals surface area contributed by atoms with Gasteiger partial charge in [0.05, 0.1) is 18.7 Å². The second kappa shape index (κ2) is 5.72. The molecule has 6 heteroatoms. The largest absolute Gasteiger partial charge is 0.497 e. The lowest BCUT2D eigenvalue weighted by Gasteiger charge is -2.10. The van der Waals surface area contributed by atoms with E-state index in [-0.39, 0.29) is 6.61 Å². The molecular weight excluding hydrogens is 224 g/mol. The Bertz CT molecular complexity index is 453. The second-order valence-electron chi connectivity index (χ2n) is 3.26. The Morgan fingerprint density at radius 1 is 1.53 bits per heavy atom. The standard InChI is InChI=1S/C11H12N2O4/c1-16-8-2-7(5-12)3-9(4-8)17-6-10(13)11(14)15/h2-4,10H,6,13H2,1H3,(H,14,15). The highest BCUT2D eigenvalue weighted by Crippen LogP contribution is 2.22. The minimum Gasteiger partial charge on any atom is -0.497 e. The van der Waals surface area contributed by atoms with E-state index in [0.29, 0.717) is 17.1 Å². The summed E-state index contributed by atoms with van der Waals surface area (Å²) in [6.07, 6.45) is 0. The molecular formula is C11H12N2O4. The van der Waals surface area contributed by atoms with Gasteiger partial charge in [-0.2, -0.15) is 5.26 Å². The monoisotopic (exact) mass is 236 g/mol. The van der Waals surface area contributed by atoms with Crippen molar-refractivity contribution in [3.63, 3.8) is 0 Å². The molecule has 0 aromatic heterocycles. The second-order valence-corrected chi connectivity index (χ2v) is 3.26. The molecule has 0 heterocycles. The fourth-order valence-electron chi connectivity index (χ4n) is 1.09. The van der Waals surface area contributed by atoms with E-state index in [9.17, 15) is 4.79 Å². The summed E-state index contributed by atoms with van der Waals surface area (Å²) in [5.41, 5.74) is 5.65. The first-order chi connectivity index (χ1) is 8.06. The number of carboxylic acids is 1. The van der Waals surface area contributed by atoms with Crippen molar-refractivity contribution in [3.8, 4) is 17.6 Å². The molecule has 1 aromatic carbocycles. The molecule has 0 saturated heterocycles. The maximum atomic E-state index is 10.5. The maximum absolute atomic E-state index is 10.5. The maximum Gasteiger partial charge on any atom is 0.324 e. The highest BCUT2D eigenvalue weighted by Gasteiger charge is 2.12. The Morgan fingerprint density at radius 2 is 2.18 bits per heavy atom. The molecule has 1 atom stereocenters. The van der Waals surface area contributed by atoms with E-state index in [1.165, 1.54) is 13.2 Å². The summed E-state index contributed by atoms with van der Waals surface area (Å²) in [4.78, 5) is 10.5. The first-order valence-corrected chi connectivity index (χ1v) is 4.77. The van der Waals surface area contributed by atoms with Gasteiger partial charge in [-0.25, -0.2) is 0 Å². The van der Waals surface area contributed by atoms with Crippen LogP contribution in [0.5, 0.6) is 11.5 Å². The number of nitriles is 1. The third-order valence-electron chi connectivity index (χ3n) is 1.99. The topological polar surface area (TPSA) is 106 Å². The third-order valence-corrected chi connectivity index (χ3v) is 1.99. The van der Waals surface area contributed by atoms with E-state index in [2.05, 4.69) is 0 Å². The number of rotatable bonds is 5. The molecule has 0 aliphatic rings. The fraction of sp³-hybridized carbons (Fsp3) is 0.273. The van der Waals surface area contributed by atoms with Gasteiger partial charge in [-0.15, -0.1) is 0 Å². The number of benzene rings is 1. The Hall–Kier alpha value is -2.26. The van der Waals surface area contributed by atoms with Crippen LogP contribution in [0, 0.1) is 11.3 Å². The Kier molecular flexibility index (Phi) is 4.31. The molecule has 6 nitrogen and oxygen atoms in total. The normalized spacial score (nSPS) is 11.4. The van der Waals surface area contributed by atoms with E-state index in [1.54, 1.807) is 12.1 Å². The summed E-state index contributed by atoms with van der Waals surface area (Å²) in [5.74, 6) is -0.339. The van der Waals surface area contributed by atoms with Crippen molar-refractivity contribution >= 4 is 5.97 Å². The third kappa shape index (κ3) is 3.66. The van der Waals surface area contributed by atoms with Gasteiger partial charge in [0, 0.05) is 6.07 Å². The van der Waals surface area contributed by atoms with Crippen LogP contribution in [-0.2, 0) is 4.79 Å². The van der Waals surface area contributed by atoms with Crippen LogP contribution >= 0.6 is 0 Å². The minimum absolute atomic E-state index is 0.173. The SMILES string of the molecule is COc1cc(C#N)cc(OCC(N)C(=O)O)c1. The zero-order chi connectivity index (χ0) is 12.8. The van der Waals surface area contributed by atoms with Crippen LogP contribution in [0.1, 0.15) is 5.56 Å². The zero-order valence-corrected chi connectivity index (χ0v) is 9.21. The smallest absolute Gasteiger partial charge is 0.324 e. The number of ether oxygens (including phenoxy) is 2. The molecule has 17 heavy (non-hydrogen) atoms. The van der Waals surface area contributed by atoms with Crippen LogP contribution in [0.2, 0.25) is 0 Å². The summed E-state index contributed by atoms with van der Waals surface area (Å²) >= 11 is 0. The van der Waals surface area contributed by atoms with Crippen LogP contribution in [0.15, 0.2) is 18.2 Å². The van der Waals surface area contributed by atoms with Gasteiger partial charge < -0.3 is 20.3 Å². The van der Waals surface area contributed by atoms with Gasteiger partial charge in [-0.3, -0.25) is 4.79 Å². The minimum atomic E-state index is -1.14. The number of aliphatic carboxylic acids is 1. The van der Waals surface area contributed by atoms with Crippen LogP contribution < -0.4 is 15.2 Å². The fourth-order valence-corrected chi connectivity index (χ4v) is 1.09. The van der Waals surface area contributed by atoms with Gasteiger partial charge in [0.1, 0.15) is 24.1 Å². The predicted molar refractivity (Wildman–Crippen MR) is 58.8 cm³/mol. The number of carboxylic acid groups (broad SMARTS) is 1. The van der Waals surface area contributed by atoms with Crippen molar-refractivity contribution in [2.24, 2.45) is 5.73 Å². The molecule has 0 saturated carbocycles. The number of hydrogen-bond donors (Lipinski definition) is 2. The molecule has 90 valence electrons. The zero-order valence-electron chi connectivity index (χ0n) is 9.21. The first kappa shape index (κ1) is 12.8. The van der Waals surface area contributed by atoms with Gasteiger partial charge in [0.2, 0.25) is 0 Å². The summed E-state index contributed by atoms with van der Waals surface area (Å²) < 4.78 is 10.2. The van der Waals surface area contributed by atoms with Crippen molar-refractivity contribution in [3.05, 3.63) is 23.8 Å². The van der Waals surface area contributed by atoms with Gasteiger partial charge in [-0.05, 0) is 12.1 Å². The molecule has 0 spiro atoms. The van der Waals surface area contributed by atoms with Crippen molar-refractivity contribution in [1.82, 2.24) is 0 Å². The summed E-state index contributed by atoms with van der Waals surface area (Å²) in [5, 5.41) is 17.3. The van der Waals surface area contributed by atoms with Crippen LogP contribution in [0.25, 0.3) is 0 Å². The van der Waals surface area contributed by atoms with Gasteiger partial charge >= 0.3 is 5.97 Å². The lowest BCUT2D eigenvalue weighted by atomic mass is 10.2. The molecule has 0 aliphatic heterocycles. The number of carbonyl (C=O) groups is 1. The van der Waals surface area contributed by atoms with Crippen LogP contribution in [0.4, 0.5) is 0 Å².